The molecule has 3 aliphatic carbocycles. The van der Waals surface area contributed by atoms with Crippen molar-refractivity contribution in [3.8, 4) is 0 Å². The SMILES string of the molecule is O=S(=O)(O)OC12CCC(CC1)CC2. The van der Waals surface area contributed by atoms with E-state index in [4.69, 9.17) is 8.74 Å². The first kappa shape index (κ1) is 9.43. The second-order valence-corrected chi connectivity index (χ2v) is 5.20. The molecule has 3 saturated carbocycles. The minimum Gasteiger partial charge on any atom is -0.264 e. The molecule has 0 unspecified atom stereocenters. The van der Waals surface area contributed by atoms with Gasteiger partial charge in [-0.15, -0.1) is 0 Å². The Morgan fingerprint density at radius 1 is 1.15 bits per heavy atom. The van der Waals surface area contributed by atoms with Crippen LogP contribution in [-0.2, 0) is 14.6 Å². The molecule has 5 heteroatoms. The molecule has 13 heavy (non-hydrogen) atoms. The Labute approximate surface area is 78.2 Å². The lowest BCUT2D eigenvalue weighted by Gasteiger charge is -2.44. The van der Waals surface area contributed by atoms with Gasteiger partial charge in [-0.2, -0.15) is 8.42 Å². The second kappa shape index (κ2) is 2.93. The molecule has 0 radical (unpaired) electrons. The molecule has 2 bridgehead atoms. The Morgan fingerprint density at radius 3 is 2.00 bits per heavy atom. The lowest BCUT2D eigenvalue weighted by atomic mass is 9.68. The topological polar surface area (TPSA) is 63.6 Å². The predicted octanol–water partition coefficient (Wildman–Crippen LogP) is 1.53. The molecule has 76 valence electrons. The zero-order valence-corrected chi connectivity index (χ0v) is 8.22. The van der Waals surface area contributed by atoms with Crippen molar-refractivity contribution in [2.24, 2.45) is 5.92 Å². The molecule has 0 heterocycles. The van der Waals surface area contributed by atoms with Crippen LogP contribution in [0.25, 0.3) is 0 Å². The third kappa shape index (κ3) is 2.03. The van der Waals surface area contributed by atoms with Gasteiger partial charge in [0.1, 0.15) is 0 Å². The van der Waals surface area contributed by atoms with Crippen molar-refractivity contribution >= 4 is 10.4 Å². The standard InChI is InChI=1S/C8H14O4S/c9-13(10,11)12-8-4-1-7(2-5-8)3-6-8/h7H,1-6H2,(H,9,10,11). The third-order valence-corrected chi connectivity index (χ3v) is 3.87. The van der Waals surface area contributed by atoms with Crippen molar-refractivity contribution in [3.05, 3.63) is 0 Å². The van der Waals surface area contributed by atoms with Crippen molar-refractivity contribution in [1.29, 1.82) is 0 Å². The molecule has 0 aromatic carbocycles. The Bertz CT molecular complexity index is 273. The first-order valence-electron chi connectivity index (χ1n) is 4.67. The van der Waals surface area contributed by atoms with Gasteiger partial charge < -0.3 is 0 Å². The maximum Gasteiger partial charge on any atom is 0.397 e. The van der Waals surface area contributed by atoms with E-state index >= 15 is 0 Å². The van der Waals surface area contributed by atoms with Crippen LogP contribution in [0.4, 0.5) is 0 Å². The maximum atomic E-state index is 10.6. The van der Waals surface area contributed by atoms with E-state index in [-0.39, 0.29) is 0 Å². The highest BCUT2D eigenvalue weighted by Gasteiger charge is 2.44. The summed E-state index contributed by atoms with van der Waals surface area (Å²) >= 11 is 0. The summed E-state index contributed by atoms with van der Waals surface area (Å²) in [5.74, 6) is 0.756. The molecule has 1 N–H and O–H groups in total. The van der Waals surface area contributed by atoms with Gasteiger partial charge in [0.15, 0.2) is 0 Å². The predicted molar refractivity (Wildman–Crippen MR) is 46.6 cm³/mol. The van der Waals surface area contributed by atoms with Gasteiger partial charge in [-0.3, -0.25) is 4.55 Å². The van der Waals surface area contributed by atoms with Gasteiger partial charge in [0, 0.05) is 0 Å². The van der Waals surface area contributed by atoms with Crippen LogP contribution in [0.2, 0.25) is 0 Å². The van der Waals surface area contributed by atoms with E-state index in [9.17, 15) is 8.42 Å². The summed E-state index contributed by atoms with van der Waals surface area (Å²) in [5.41, 5.74) is -0.567. The average Bonchev–Trinajstić information content (AvgIpc) is 2.03. The summed E-state index contributed by atoms with van der Waals surface area (Å²) in [6.07, 6.45) is 5.44. The Morgan fingerprint density at radius 2 is 1.62 bits per heavy atom. The molecule has 0 atom stereocenters. The molecule has 3 fully saturated rings. The molecular formula is C8H14O4S. The summed E-state index contributed by atoms with van der Waals surface area (Å²) in [6.45, 7) is 0. The van der Waals surface area contributed by atoms with E-state index in [0.29, 0.717) is 0 Å². The molecule has 4 nitrogen and oxygen atoms in total. The third-order valence-electron chi connectivity index (χ3n) is 3.31. The fourth-order valence-corrected chi connectivity index (χ4v) is 3.25. The second-order valence-electron chi connectivity index (χ2n) is 4.18. The normalized spacial score (nSPS) is 39.3. The largest absolute Gasteiger partial charge is 0.397 e. The Balaban J connectivity index is 2.11. The van der Waals surface area contributed by atoms with Crippen molar-refractivity contribution in [2.75, 3.05) is 0 Å². The number of hydrogen-bond donors (Lipinski definition) is 1. The fourth-order valence-electron chi connectivity index (χ4n) is 2.56. The van der Waals surface area contributed by atoms with Gasteiger partial charge in [0.05, 0.1) is 5.60 Å². The van der Waals surface area contributed by atoms with E-state index < -0.39 is 16.0 Å². The van der Waals surface area contributed by atoms with Gasteiger partial charge in [0.2, 0.25) is 0 Å². The van der Waals surface area contributed by atoms with Crippen LogP contribution in [0.3, 0.4) is 0 Å². The monoisotopic (exact) mass is 206 g/mol. The van der Waals surface area contributed by atoms with Crippen molar-refractivity contribution in [2.45, 2.75) is 44.1 Å². The van der Waals surface area contributed by atoms with E-state index in [1.54, 1.807) is 0 Å². The summed E-state index contributed by atoms with van der Waals surface area (Å²) in [4.78, 5) is 0. The first-order valence-corrected chi connectivity index (χ1v) is 6.04. The maximum absolute atomic E-state index is 10.6. The van der Waals surface area contributed by atoms with Crippen LogP contribution >= 0.6 is 0 Å². The Kier molecular flexibility index (Phi) is 2.13. The van der Waals surface area contributed by atoms with Crippen molar-refractivity contribution in [3.63, 3.8) is 0 Å². The van der Waals surface area contributed by atoms with Crippen LogP contribution in [0.5, 0.6) is 0 Å². The molecule has 0 aliphatic heterocycles. The highest BCUT2D eigenvalue weighted by atomic mass is 32.3. The van der Waals surface area contributed by atoms with Crippen molar-refractivity contribution < 1.29 is 17.2 Å². The molecule has 0 aromatic rings. The van der Waals surface area contributed by atoms with Gasteiger partial charge >= 0.3 is 10.4 Å². The summed E-state index contributed by atoms with van der Waals surface area (Å²) in [6, 6.07) is 0. The van der Waals surface area contributed by atoms with E-state index in [2.05, 4.69) is 0 Å². The number of hydrogen-bond acceptors (Lipinski definition) is 3. The van der Waals surface area contributed by atoms with Gasteiger partial charge in [-0.1, -0.05) is 0 Å². The lowest BCUT2D eigenvalue weighted by Crippen LogP contribution is -2.43. The smallest absolute Gasteiger partial charge is 0.264 e. The molecular weight excluding hydrogens is 192 g/mol. The molecule has 0 aromatic heterocycles. The number of fused-ring (bicyclic) bond motifs is 3. The van der Waals surface area contributed by atoms with Crippen LogP contribution in [0.15, 0.2) is 0 Å². The zero-order valence-electron chi connectivity index (χ0n) is 7.40. The highest BCUT2D eigenvalue weighted by molar-refractivity contribution is 7.80. The summed E-state index contributed by atoms with van der Waals surface area (Å²) in [5, 5.41) is 0. The zero-order chi connectivity index (χ0) is 9.53. The number of rotatable bonds is 2. The van der Waals surface area contributed by atoms with Gasteiger partial charge in [0.25, 0.3) is 0 Å². The lowest BCUT2D eigenvalue weighted by molar-refractivity contribution is -0.0344. The first-order chi connectivity index (χ1) is 5.99. The van der Waals surface area contributed by atoms with Crippen LogP contribution in [-0.4, -0.2) is 18.6 Å². The van der Waals surface area contributed by atoms with Crippen LogP contribution in [0.1, 0.15) is 38.5 Å². The average molecular weight is 206 g/mol. The quantitative estimate of drug-likeness (QED) is 0.696. The summed E-state index contributed by atoms with van der Waals surface area (Å²) < 4.78 is 34.6. The van der Waals surface area contributed by atoms with Crippen LogP contribution < -0.4 is 0 Å². The molecule has 3 rings (SSSR count). The van der Waals surface area contributed by atoms with Crippen LogP contribution in [0, 0.1) is 5.92 Å². The van der Waals surface area contributed by atoms with E-state index in [0.717, 1.165) is 44.4 Å². The minimum atomic E-state index is -4.27. The van der Waals surface area contributed by atoms with Crippen molar-refractivity contribution in [1.82, 2.24) is 0 Å². The molecule has 0 amide bonds. The fraction of sp³-hybridized carbons (Fsp3) is 1.00. The van der Waals surface area contributed by atoms with Gasteiger partial charge in [-0.25, -0.2) is 4.18 Å². The molecule has 3 aliphatic rings. The Hall–Kier alpha value is -0.130. The highest BCUT2D eigenvalue weighted by Crippen LogP contribution is 2.46. The van der Waals surface area contributed by atoms with Gasteiger partial charge in [-0.05, 0) is 44.4 Å². The minimum absolute atomic E-state index is 0.567. The molecule has 0 saturated heterocycles. The molecule has 0 spiro atoms. The van der Waals surface area contributed by atoms with E-state index in [1.807, 2.05) is 0 Å². The van der Waals surface area contributed by atoms with E-state index in [1.165, 1.54) is 0 Å². The summed E-state index contributed by atoms with van der Waals surface area (Å²) in [7, 11) is -4.27.